The fourth-order valence-corrected chi connectivity index (χ4v) is 5.24. The third-order valence-corrected chi connectivity index (χ3v) is 6.73. The average Bonchev–Trinajstić information content (AvgIpc) is 2.32. The molecule has 2 rings (SSSR count). The predicted molar refractivity (Wildman–Crippen MR) is 80.4 cm³/mol. The number of hydrogen-bond donors (Lipinski definition) is 1. The molecule has 1 heterocycles. The van der Waals surface area contributed by atoms with Crippen LogP contribution in [0.4, 0.5) is 0 Å². The first kappa shape index (κ1) is 15.4. The van der Waals surface area contributed by atoms with Crippen LogP contribution in [0.1, 0.15) is 13.3 Å². The van der Waals surface area contributed by atoms with Gasteiger partial charge in [0.05, 0.1) is 11.0 Å². The van der Waals surface area contributed by atoms with Crippen molar-refractivity contribution in [2.45, 2.75) is 24.3 Å². The summed E-state index contributed by atoms with van der Waals surface area (Å²) in [6, 6.07) is 4.96. The molecule has 0 radical (unpaired) electrons. The Balaban J connectivity index is 2.32. The van der Waals surface area contributed by atoms with E-state index in [1.54, 1.807) is 18.2 Å². The van der Waals surface area contributed by atoms with Gasteiger partial charge in [-0.25, -0.2) is 8.42 Å². The van der Waals surface area contributed by atoms with Gasteiger partial charge < -0.3 is 5.11 Å². The van der Waals surface area contributed by atoms with Gasteiger partial charge in [0, 0.05) is 22.0 Å². The lowest BCUT2D eigenvalue weighted by atomic mass is 9.98. The average molecular weight is 413 g/mol. The van der Waals surface area contributed by atoms with Crippen molar-refractivity contribution in [1.29, 1.82) is 0 Å². The van der Waals surface area contributed by atoms with Crippen molar-refractivity contribution < 1.29 is 13.5 Å². The van der Waals surface area contributed by atoms with Gasteiger partial charge in [0.25, 0.3) is 0 Å². The molecule has 2 atom stereocenters. The van der Waals surface area contributed by atoms with E-state index < -0.39 is 16.1 Å². The van der Waals surface area contributed by atoms with Crippen molar-refractivity contribution in [2.75, 3.05) is 13.1 Å². The van der Waals surface area contributed by atoms with Crippen LogP contribution in [-0.4, -0.2) is 37.0 Å². The zero-order valence-corrected chi connectivity index (χ0v) is 14.4. The van der Waals surface area contributed by atoms with Gasteiger partial charge >= 0.3 is 0 Å². The summed E-state index contributed by atoms with van der Waals surface area (Å²) in [5, 5.41) is 9.85. The Kier molecular flexibility index (Phi) is 4.72. The van der Waals surface area contributed by atoms with Crippen molar-refractivity contribution in [1.82, 2.24) is 4.31 Å². The highest BCUT2D eigenvalue weighted by molar-refractivity contribution is 9.11. The molecule has 106 valence electrons. The summed E-state index contributed by atoms with van der Waals surface area (Å²) in [6.07, 6.45) is 0.0758. The number of sulfonamides is 1. The van der Waals surface area contributed by atoms with Crippen LogP contribution < -0.4 is 0 Å². The number of β-amino-alcohol motifs (C(OH)–C–C–N with tert-alkyl or cyclic N) is 1. The van der Waals surface area contributed by atoms with E-state index in [4.69, 9.17) is 0 Å². The second kappa shape index (κ2) is 5.81. The third kappa shape index (κ3) is 3.21. The number of halogens is 2. The maximum Gasteiger partial charge on any atom is 0.244 e. The predicted octanol–water partition coefficient (Wildman–Crippen LogP) is 2.60. The monoisotopic (exact) mass is 411 g/mol. The van der Waals surface area contributed by atoms with Crippen molar-refractivity contribution in [2.24, 2.45) is 5.92 Å². The minimum atomic E-state index is -3.56. The molecule has 4 nitrogen and oxygen atoms in total. The van der Waals surface area contributed by atoms with Gasteiger partial charge in [-0.1, -0.05) is 22.9 Å². The molecule has 0 aliphatic carbocycles. The molecule has 1 N–H and O–H groups in total. The summed E-state index contributed by atoms with van der Waals surface area (Å²) in [6.45, 7) is 2.54. The highest BCUT2D eigenvalue weighted by Crippen LogP contribution is 2.30. The highest BCUT2D eigenvalue weighted by atomic mass is 79.9. The first-order valence-corrected chi connectivity index (χ1v) is 8.98. The summed E-state index contributed by atoms with van der Waals surface area (Å²) in [5.41, 5.74) is 0. The van der Waals surface area contributed by atoms with Crippen molar-refractivity contribution in [3.05, 3.63) is 27.1 Å². The standard InChI is InChI=1S/C12H15Br2NO3S/c1-8-4-5-15(7-11(8)16)19(17,18)12-3-2-9(13)6-10(12)14/h2-3,6,8,11,16H,4-5,7H2,1H3. The maximum atomic E-state index is 12.5. The molecular weight excluding hydrogens is 398 g/mol. The molecular formula is C12H15Br2NO3S. The van der Waals surface area contributed by atoms with Crippen molar-refractivity contribution in [3.63, 3.8) is 0 Å². The van der Waals surface area contributed by atoms with Gasteiger partial charge in [-0.05, 0) is 46.5 Å². The fourth-order valence-electron chi connectivity index (χ4n) is 2.06. The lowest BCUT2D eigenvalue weighted by molar-refractivity contribution is 0.0605. The first-order valence-electron chi connectivity index (χ1n) is 5.95. The SMILES string of the molecule is CC1CCN(S(=O)(=O)c2ccc(Br)cc2Br)CC1O. The normalized spacial score (nSPS) is 25.5. The summed E-state index contributed by atoms with van der Waals surface area (Å²) >= 11 is 6.58. The molecule has 0 saturated carbocycles. The summed E-state index contributed by atoms with van der Waals surface area (Å²) < 4.78 is 27.8. The van der Waals surface area contributed by atoms with Crippen LogP contribution in [0.3, 0.4) is 0 Å². The van der Waals surface area contributed by atoms with E-state index in [0.29, 0.717) is 17.4 Å². The largest absolute Gasteiger partial charge is 0.391 e. The van der Waals surface area contributed by atoms with Crippen LogP contribution in [0, 0.1) is 5.92 Å². The second-order valence-electron chi connectivity index (χ2n) is 4.77. The number of aliphatic hydroxyl groups excluding tert-OH is 1. The van der Waals surface area contributed by atoms with Crippen molar-refractivity contribution in [3.8, 4) is 0 Å². The third-order valence-electron chi connectivity index (χ3n) is 3.39. The van der Waals surface area contributed by atoms with Crippen LogP contribution in [-0.2, 0) is 10.0 Å². The highest BCUT2D eigenvalue weighted by Gasteiger charge is 2.33. The Morgan fingerprint density at radius 1 is 1.37 bits per heavy atom. The zero-order valence-electron chi connectivity index (χ0n) is 10.4. The van der Waals surface area contributed by atoms with Crippen LogP contribution in [0.2, 0.25) is 0 Å². The Labute approximate surface area is 130 Å². The van der Waals surface area contributed by atoms with Crippen molar-refractivity contribution >= 4 is 41.9 Å². The van der Waals surface area contributed by atoms with Gasteiger partial charge in [0.2, 0.25) is 10.0 Å². The van der Waals surface area contributed by atoms with E-state index in [1.807, 2.05) is 6.92 Å². The van der Waals surface area contributed by atoms with Gasteiger partial charge in [-0.3, -0.25) is 0 Å². The molecule has 1 aliphatic heterocycles. The molecule has 2 unspecified atom stereocenters. The summed E-state index contributed by atoms with van der Waals surface area (Å²) in [7, 11) is -3.56. The molecule has 7 heteroatoms. The second-order valence-corrected chi connectivity index (χ2v) is 8.45. The lowest BCUT2D eigenvalue weighted by Crippen LogP contribution is -2.45. The van der Waals surface area contributed by atoms with Gasteiger partial charge in [-0.2, -0.15) is 4.31 Å². The zero-order chi connectivity index (χ0) is 14.2. The molecule has 0 spiro atoms. The lowest BCUT2D eigenvalue weighted by Gasteiger charge is -2.33. The van der Waals surface area contributed by atoms with E-state index in [0.717, 1.165) is 4.47 Å². The Hall–Kier alpha value is 0.0500. The van der Waals surface area contributed by atoms with Crippen LogP contribution >= 0.6 is 31.9 Å². The maximum absolute atomic E-state index is 12.5. The molecule has 1 aliphatic rings. The van der Waals surface area contributed by atoms with Crippen LogP contribution in [0.15, 0.2) is 32.0 Å². The quantitative estimate of drug-likeness (QED) is 0.812. The Bertz CT molecular complexity index is 576. The van der Waals surface area contributed by atoms with Gasteiger partial charge in [0.15, 0.2) is 0 Å². The molecule has 1 aromatic carbocycles. The Morgan fingerprint density at radius 3 is 2.63 bits per heavy atom. The molecule has 0 aromatic heterocycles. The molecule has 19 heavy (non-hydrogen) atoms. The van der Waals surface area contributed by atoms with Gasteiger partial charge in [-0.15, -0.1) is 0 Å². The summed E-state index contributed by atoms with van der Waals surface area (Å²) in [5.74, 6) is 0.139. The minimum Gasteiger partial charge on any atom is -0.391 e. The van der Waals surface area contributed by atoms with Gasteiger partial charge in [0.1, 0.15) is 0 Å². The Morgan fingerprint density at radius 2 is 2.05 bits per heavy atom. The fraction of sp³-hybridized carbons (Fsp3) is 0.500. The molecule has 1 fully saturated rings. The van der Waals surface area contributed by atoms with Crippen LogP contribution in [0.25, 0.3) is 0 Å². The topological polar surface area (TPSA) is 57.6 Å². The molecule has 0 amide bonds. The number of benzene rings is 1. The van der Waals surface area contributed by atoms with E-state index in [9.17, 15) is 13.5 Å². The smallest absolute Gasteiger partial charge is 0.244 e. The molecule has 1 saturated heterocycles. The number of nitrogens with zero attached hydrogens (tertiary/aromatic N) is 1. The van der Waals surface area contributed by atoms with E-state index in [-0.39, 0.29) is 17.4 Å². The van der Waals surface area contributed by atoms with E-state index in [1.165, 1.54) is 4.31 Å². The number of aliphatic hydroxyl groups is 1. The number of hydrogen-bond acceptors (Lipinski definition) is 3. The first-order chi connectivity index (χ1) is 8.82. The van der Waals surface area contributed by atoms with E-state index >= 15 is 0 Å². The van der Waals surface area contributed by atoms with Crippen LogP contribution in [0.5, 0.6) is 0 Å². The molecule has 0 bridgehead atoms. The summed E-state index contributed by atoms with van der Waals surface area (Å²) in [4.78, 5) is 0.234. The molecule has 1 aromatic rings. The number of rotatable bonds is 2. The van der Waals surface area contributed by atoms with E-state index in [2.05, 4.69) is 31.9 Å². The number of piperidine rings is 1. The minimum absolute atomic E-state index is 0.139.